The Labute approximate surface area is 205 Å². The summed E-state index contributed by atoms with van der Waals surface area (Å²) in [5.74, 6) is 0.114. The summed E-state index contributed by atoms with van der Waals surface area (Å²) in [6.07, 6.45) is 1.58. The van der Waals surface area contributed by atoms with Gasteiger partial charge in [-0.05, 0) is 42.2 Å². The minimum Gasteiger partial charge on any atom is -0.293 e. The van der Waals surface area contributed by atoms with E-state index in [1.807, 2.05) is 84.9 Å². The molecule has 1 heterocycles. The lowest BCUT2D eigenvalue weighted by Gasteiger charge is -2.23. The fourth-order valence-corrected chi connectivity index (χ4v) is 5.57. The van der Waals surface area contributed by atoms with E-state index in [0.29, 0.717) is 10.6 Å². The third-order valence-corrected chi connectivity index (χ3v) is 7.61. The lowest BCUT2D eigenvalue weighted by molar-refractivity contribution is 0.0979. The van der Waals surface area contributed by atoms with Crippen LogP contribution in [-0.2, 0) is 6.42 Å². The summed E-state index contributed by atoms with van der Waals surface area (Å²) in [7, 11) is 0. The number of aromatic nitrogens is 1. The first-order valence-corrected chi connectivity index (χ1v) is 12.4. The maximum atomic E-state index is 13.2. The number of pyridine rings is 1. The van der Waals surface area contributed by atoms with Crippen molar-refractivity contribution in [1.29, 1.82) is 5.26 Å². The smallest absolute Gasteiger partial charge is 0.176 e. The van der Waals surface area contributed by atoms with E-state index in [4.69, 9.17) is 4.98 Å². The lowest BCUT2D eigenvalue weighted by Crippen LogP contribution is -2.25. The summed E-state index contributed by atoms with van der Waals surface area (Å²) in [5.41, 5.74) is 5.93. The van der Waals surface area contributed by atoms with Crippen LogP contribution in [0, 0.1) is 11.3 Å². The first-order chi connectivity index (χ1) is 16.1. The van der Waals surface area contributed by atoms with Crippen LogP contribution in [0.2, 0.25) is 0 Å². The summed E-state index contributed by atoms with van der Waals surface area (Å²) in [6.45, 7) is 0. The van der Waals surface area contributed by atoms with Gasteiger partial charge in [0.05, 0.1) is 16.5 Å². The Morgan fingerprint density at radius 1 is 0.909 bits per heavy atom. The van der Waals surface area contributed by atoms with Crippen LogP contribution < -0.4 is 0 Å². The van der Waals surface area contributed by atoms with Gasteiger partial charge >= 0.3 is 0 Å². The Morgan fingerprint density at radius 2 is 1.64 bits per heavy atom. The number of rotatable bonds is 4. The van der Waals surface area contributed by atoms with Gasteiger partial charge in [0, 0.05) is 21.2 Å². The normalized spacial score (nSPS) is 15.0. The van der Waals surface area contributed by atoms with Gasteiger partial charge in [0.1, 0.15) is 11.1 Å². The minimum atomic E-state index is -0.261. The monoisotopic (exact) mass is 510 g/mol. The predicted molar refractivity (Wildman–Crippen MR) is 136 cm³/mol. The van der Waals surface area contributed by atoms with Gasteiger partial charge in [-0.1, -0.05) is 94.4 Å². The quantitative estimate of drug-likeness (QED) is 0.288. The molecule has 4 aromatic rings. The van der Waals surface area contributed by atoms with E-state index in [0.717, 1.165) is 50.8 Å². The number of carbonyl (C=O) groups excluding carboxylic acids is 1. The zero-order valence-electron chi connectivity index (χ0n) is 17.7. The Kier molecular flexibility index (Phi) is 6.13. The second kappa shape index (κ2) is 9.35. The Morgan fingerprint density at radius 3 is 2.39 bits per heavy atom. The van der Waals surface area contributed by atoms with Crippen molar-refractivity contribution in [2.75, 3.05) is 0 Å². The molecule has 0 N–H and O–H groups in total. The third-order valence-electron chi connectivity index (χ3n) is 5.83. The average Bonchev–Trinajstić information content (AvgIpc) is 2.86. The molecule has 1 aliphatic rings. The maximum absolute atomic E-state index is 13.2. The number of ketones is 1. The summed E-state index contributed by atoms with van der Waals surface area (Å²) in [6, 6.07) is 30.0. The summed E-state index contributed by atoms with van der Waals surface area (Å²) >= 11 is 4.90. The molecule has 0 bridgehead atoms. The fraction of sp³-hybridized carbons (Fsp3) is 0.107. The SMILES string of the molecule is N#Cc1c(-c2ccccc2)cc(-c2ccc(Br)cc2)nc1SC1CCc2ccccc2C1=O. The van der Waals surface area contributed by atoms with Crippen molar-refractivity contribution in [2.24, 2.45) is 0 Å². The van der Waals surface area contributed by atoms with Crippen molar-refractivity contribution in [2.45, 2.75) is 23.1 Å². The number of nitriles is 1. The highest BCUT2D eigenvalue weighted by atomic mass is 79.9. The van der Waals surface area contributed by atoms with Crippen molar-refractivity contribution in [1.82, 2.24) is 4.98 Å². The van der Waals surface area contributed by atoms with Crippen LogP contribution in [0.3, 0.4) is 0 Å². The highest BCUT2D eigenvalue weighted by molar-refractivity contribution is 9.10. The summed E-state index contributed by atoms with van der Waals surface area (Å²) in [5, 5.41) is 10.5. The Bertz CT molecular complexity index is 1380. The number of fused-ring (bicyclic) bond motifs is 1. The molecule has 0 amide bonds. The van der Waals surface area contributed by atoms with Crippen LogP contribution in [0.4, 0.5) is 0 Å². The largest absolute Gasteiger partial charge is 0.293 e. The van der Waals surface area contributed by atoms with Crippen LogP contribution in [0.5, 0.6) is 0 Å². The van der Waals surface area contributed by atoms with Gasteiger partial charge in [0.25, 0.3) is 0 Å². The molecule has 160 valence electrons. The topological polar surface area (TPSA) is 53.8 Å². The molecule has 0 fully saturated rings. The average molecular weight is 511 g/mol. The molecule has 3 aromatic carbocycles. The van der Waals surface area contributed by atoms with Crippen molar-refractivity contribution in [3.63, 3.8) is 0 Å². The van der Waals surface area contributed by atoms with Crippen molar-refractivity contribution >= 4 is 33.5 Å². The van der Waals surface area contributed by atoms with Crippen molar-refractivity contribution in [3.8, 4) is 28.5 Å². The molecule has 1 unspecified atom stereocenters. The number of halogens is 1. The summed E-state index contributed by atoms with van der Waals surface area (Å²) < 4.78 is 0.990. The second-order valence-corrected chi connectivity index (χ2v) is 9.99. The number of carbonyl (C=O) groups is 1. The molecule has 0 spiro atoms. The molecule has 3 nitrogen and oxygen atoms in total. The van der Waals surface area contributed by atoms with Crippen molar-refractivity contribution in [3.05, 3.63) is 106 Å². The van der Waals surface area contributed by atoms with Gasteiger partial charge < -0.3 is 0 Å². The van der Waals surface area contributed by atoms with Gasteiger partial charge in [0.2, 0.25) is 0 Å². The standard InChI is InChI=1S/C28H19BrN2OS/c29-21-13-10-20(11-14-21)25-16-23(18-6-2-1-3-7-18)24(17-30)28(31-25)33-26-15-12-19-8-4-5-9-22(19)27(26)32/h1-11,13-14,16,26H,12,15H2. The number of aryl methyl sites for hydroxylation is 1. The molecule has 5 rings (SSSR count). The van der Waals surface area contributed by atoms with E-state index in [1.54, 1.807) is 0 Å². The molecule has 0 radical (unpaired) electrons. The predicted octanol–water partition coefficient (Wildman–Crippen LogP) is 7.34. The van der Waals surface area contributed by atoms with E-state index < -0.39 is 0 Å². The number of benzene rings is 3. The molecule has 1 aliphatic carbocycles. The van der Waals surface area contributed by atoms with Gasteiger partial charge in [-0.3, -0.25) is 4.79 Å². The molecule has 0 aliphatic heterocycles. The Hall–Kier alpha value is -3.20. The van der Waals surface area contributed by atoms with Crippen LogP contribution in [0.25, 0.3) is 22.4 Å². The van der Waals surface area contributed by atoms with Gasteiger partial charge in [-0.15, -0.1) is 0 Å². The number of hydrogen-bond donors (Lipinski definition) is 0. The molecule has 5 heteroatoms. The van der Waals surface area contributed by atoms with Gasteiger partial charge in [0.15, 0.2) is 5.78 Å². The van der Waals surface area contributed by atoms with E-state index in [2.05, 4.69) is 22.0 Å². The van der Waals surface area contributed by atoms with Crippen LogP contribution in [0.15, 0.2) is 94.4 Å². The highest BCUT2D eigenvalue weighted by Gasteiger charge is 2.30. The molecule has 0 saturated carbocycles. The number of hydrogen-bond acceptors (Lipinski definition) is 4. The zero-order valence-corrected chi connectivity index (χ0v) is 20.1. The van der Waals surface area contributed by atoms with Gasteiger partial charge in [-0.2, -0.15) is 5.26 Å². The number of Topliss-reactive ketones (excluding diaryl/α,β-unsaturated/α-hetero) is 1. The van der Waals surface area contributed by atoms with E-state index in [-0.39, 0.29) is 11.0 Å². The number of thioether (sulfide) groups is 1. The molecular weight excluding hydrogens is 492 g/mol. The molecule has 0 saturated heterocycles. The van der Waals surface area contributed by atoms with Crippen LogP contribution >= 0.6 is 27.7 Å². The van der Waals surface area contributed by atoms with E-state index >= 15 is 0 Å². The van der Waals surface area contributed by atoms with Crippen LogP contribution in [-0.4, -0.2) is 16.0 Å². The minimum absolute atomic E-state index is 0.114. The zero-order chi connectivity index (χ0) is 22.8. The maximum Gasteiger partial charge on any atom is 0.176 e. The lowest BCUT2D eigenvalue weighted by atomic mass is 9.90. The van der Waals surface area contributed by atoms with E-state index in [1.165, 1.54) is 11.8 Å². The van der Waals surface area contributed by atoms with Gasteiger partial charge in [-0.25, -0.2) is 4.98 Å². The van der Waals surface area contributed by atoms with E-state index in [9.17, 15) is 10.1 Å². The fourth-order valence-electron chi connectivity index (χ4n) is 4.15. The Balaban J connectivity index is 1.62. The number of nitrogens with zero attached hydrogens (tertiary/aromatic N) is 2. The highest BCUT2D eigenvalue weighted by Crippen LogP contribution is 2.39. The first kappa shape index (κ1) is 21.6. The van der Waals surface area contributed by atoms with Crippen LogP contribution in [0.1, 0.15) is 27.9 Å². The summed E-state index contributed by atoms with van der Waals surface area (Å²) in [4.78, 5) is 18.1. The first-order valence-electron chi connectivity index (χ1n) is 10.7. The molecular formula is C28H19BrN2OS. The van der Waals surface area contributed by atoms with Crippen molar-refractivity contribution < 1.29 is 4.79 Å². The molecule has 1 atom stereocenters. The molecule has 33 heavy (non-hydrogen) atoms. The second-order valence-electron chi connectivity index (χ2n) is 7.89. The third kappa shape index (κ3) is 4.37. The molecule has 1 aromatic heterocycles.